The molecule has 2 rings (SSSR count). The second kappa shape index (κ2) is 4.76. The van der Waals surface area contributed by atoms with E-state index in [1.54, 1.807) is 0 Å². The van der Waals surface area contributed by atoms with Crippen LogP contribution in [0.5, 0.6) is 0 Å². The molecule has 0 amide bonds. The van der Waals surface area contributed by atoms with E-state index < -0.39 is 28.5 Å². The van der Waals surface area contributed by atoms with Crippen molar-refractivity contribution >= 4 is 5.78 Å². The molecule has 98 valence electrons. The summed E-state index contributed by atoms with van der Waals surface area (Å²) in [5, 5.41) is 0. The van der Waals surface area contributed by atoms with E-state index in [4.69, 9.17) is 5.73 Å². The summed E-state index contributed by atoms with van der Waals surface area (Å²) in [6, 6.07) is 3.42. The summed E-state index contributed by atoms with van der Waals surface area (Å²) >= 11 is 0. The van der Waals surface area contributed by atoms with Gasteiger partial charge in [-0.05, 0) is 30.9 Å². The Morgan fingerprint density at radius 3 is 2.56 bits per heavy atom. The Kier molecular flexibility index (Phi) is 3.48. The van der Waals surface area contributed by atoms with Crippen molar-refractivity contribution in [2.45, 2.75) is 38.1 Å². The van der Waals surface area contributed by atoms with Crippen LogP contribution >= 0.6 is 0 Å². The quantitative estimate of drug-likeness (QED) is 0.823. The molecule has 1 fully saturated rings. The highest BCUT2D eigenvalue weighted by Gasteiger charge is 2.40. The van der Waals surface area contributed by atoms with Crippen LogP contribution in [0, 0.1) is 17.6 Å². The van der Waals surface area contributed by atoms with E-state index in [0.29, 0.717) is 18.8 Å². The molecule has 0 saturated heterocycles. The minimum atomic E-state index is -1.12. The first-order valence-electron chi connectivity index (χ1n) is 6.22. The highest BCUT2D eigenvalue weighted by molar-refractivity contribution is 6.03. The number of halogens is 2. The Labute approximate surface area is 105 Å². The largest absolute Gasteiger partial charge is 0.319 e. The number of hydrogen-bond acceptors (Lipinski definition) is 2. The van der Waals surface area contributed by atoms with Crippen LogP contribution in [0.4, 0.5) is 8.78 Å². The molecule has 1 aliphatic rings. The van der Waals surface area contributed by atoms with Crippen molar-refractivity contribution in [3.63, 3.8) is 0 Å². The van der Waals surface area contributed by atoms with Crippen LogP contribution in [0.25, 0.3) is 0 Å². The molecule has 2 nitrogen and oxygen atoms in total. The van der Waals surface area contributed by atoms with Gasteiger partial charge >= 0.3 is 0 Å². The van der Waals surface area contributed by atoms with Gasteiger partial charge in [-0.25, -0.2) is 8.78 Å². The van der Waals surface area contributed by atoms with Gasteiger partial charge in [0.2, 0.25) is 0 Å². The second-order valence-electron chi connectivity index (χ2n) is 5.28. The van der Waals surface area contributed by atoms with E-state index in [-0.39, 0.29) is 0 Å². The van der Waals surface area contributed by atoms with Crippen molar-refractivity contribution in [3.8, 4) is 0 Å². The molecule has 1 aromatic rings. The van der Waals surface area contributed by atoms with E-state index in [1.165, 1.54) is 6.07 Å². The van der Waals surface area contributed by atoms with E-state index in [0.717, 1.165) is 25.0 Å². The summed E-state index contributed by atoms with van der Waals surface area (Å²) in [5.41, 5.74) is 4.46. The lowest BCUT2D eigenvalue weighted by atomic mass is 9.73. The predicted octanol–water partition coefficient (Wildman–Crippen LogP) is 3.06. The Morgan fingerprint density at radius 1 is 1.39 bits per heavy atom. The lowest BCUT2D eigenvalue weighted by molar-refractivity contribution is 0.0810. The Bertz CT molecular complexity index is 455. The van der Waals surface area contributed by atoms with Crippen LogP contribution in [0.3, 0.4) is 0 Å². The summed E-state index contributed by atoms with van der Waals surface area (Å²) in [5.74, 6) is -1.96. The zero-order valence-electron chi connectivity index (χ0n) is 10.4. The Hall–Kier alpha value is -1.29. The van der Waals surface area contributed by atoms with E-state index >= 15 is 0 Å². The average Bonchev–Trinajstić information content (AvgIpc) is 2.28. The fraction of sp³-hybridized carbons (Fsp3) is 0.500. The van der Waals surface area contributed by atoms with E-state index in [1.807, 2.05) is 6.92 Å². The molecular weight excluding hydrogens is 236 g/mol. The van der Waals surface area contributed by atoms with Gasteiger partial charge in [0.1, 0.15) is 11.6 Å². The van der Waals surface area contributed by atoms with E-state index in [9.17, 15) is 13.6 Å². The summed E-state index contributed by atoms with van der Waals surface area (Å²) in [6.07, 6.45) is 2.80. The van der Waals surface area contributed by atoms with Gasteiger partial charge in [0, 0.05) is 0 Å². The molecule has 1 saturated carbocycles. The maximum atomic E-state index is 13.6. The summed E-state index contributed by atoms with van der Waals surface area (Å²) in [4.78, 5) is 12.3. The highest BCUT2D eigenvalue weighted by Crippen LogP contribution is 2.33. The average molecular weight is 253 g/mol. The highest BCUT2D eigenvalue weighted by atomic mass is 19.1. The SMILES string of the molecule is CC1CCCC(N)(C(=O)c2c(F)cccc2F)C1. The molecule has 4 heteroatoms. The molecule has 0 aromatic heterocycles. The lowest BCUT2D eigenvalue weighted by Crippen LogP contribution is -2.51. The third-order valence-corrected chi connectivity index (χ3v) is 3.67. The number of hydrogen-bond donors (Lipinski definition) is 1. The minimum absolute atomic E-state index is 0.308. The van der Waals surface area contributed by atoms with Crippen LogP contribution in [0.1, 0.15) is 43.0 Å². The Morgan fingerprint density at radius 2 is 2.00 bits per heavy atom. The first-order valence-corrected chi connectivity index (χ1v) is 6.22. The van der Waals surface area contributed by atoms with Gasteiger partial charge in [0.25, 0.3) is 0 Å². The predicted molar refractivity (Wildman–Crippen MR) is 65.2 cm³/mol. The van der Waals surface area contributed by atoms with Gasteiger partial charge < -0.3 is 5.73 Å². The third-order valence-electron chi connectivity index (χ3n) is 3.67. The minimum Gasteiger partial charge on any atom is -0.319 e. The van der Waals surface area contributed by atoms with Gasteiger partial charge in [-0.15, -0.1) is 0 Å². The van der Waals surface area contributed by atoms with Crippen molar-refractivity contribution in [2.24, 2.45) is 11.7 Å². The number of carbonyl (C=O) groups is 1. The number of carbonyl (C=O) groups excluding carboxylic acids is 1. The van der Waals surface area contributed by atoms with E-state index in [2.05, 4.69) is 0 Å². The number of Topliss-reactive ketones (excluding diaryl/α,β-unsaturated/α-hetero) is 1. The first kappa shape index (κ1) is 13.1. The molecular formula is C14H17F2NO. The van der Waals surface area contributed by atoms with Crippen LogP contribution in [-0.4, -0.2) is 11.3 Å². The van der Waals surface area contributed by atoms with Gasteiger partial charge in [-0.1, -0.05) is 25.8 Å². The van der Waals surface area contributed by atoms with Gasteiger partial charge in [0.05, 0.1) is 11.1 Å². The second-order valence-corrected chi connectivity index (χ2v) is 5.28. The standard InChI is InChI=1S/C14H17F2NO/c1-9-4-3-7-14(17,8-9)13(18)12-10(15)5-2-6-11(12)16/h2,5-6,9H,3-4,7-8,17H2,1H3. The molecule has 1 aliphatic carbocycles. The van der Waals surface area contributed by atoms with Crippen LogP contribution < -0.4 is 5.73 Å². The third kappa shape index (κ3) is 2.29. The van der Waals surface area contributed by atoms with Crippen LogP contribution in [0.2, 0.25) is 0 Å². The Balaban J connectivity index is 2.36. The molecule has 2 unspecified atom stereocenters. The molecule has 1 aromatic carbocycles. The number of rotatable bonds is 2. The van der Waals surface area contributed by atoms with Crippen molar-refractivity contribution in [3.05, 3.63) is 35.4 Å². The fourth-order valence-corrected chi connectivity index (χ4v) is 2.76. The number of nitrogens with two attached hydrogens (primary N) is 1. The summed E-state index contributed by atoms with van der Waals surface area (Å²) in [7, 11) is 0. The summed E-state index contributed by atoms with van der Waals surface area (Å²) < 4.78 is 27.2. The fourth-order valence-electron chi connectivity index (χ4n) is 2.76. The number of benzene rings is 1. The molecule has 0 bridgehead atoms. The van der Waals surface area contributed by atoms with Gasteiger partial charge in [-0.2, -0.15) is 0 Å². The first-order chi connectivity index (χ1) is 8.44. The molecule has 18 heavy (non-hydrogen) atoms. The summed E-state index contributed by atoms with van der Waals surface area (Å²) in [6.45, 7) is 2.01. The molecule has 0 heterocycles. The van der Waals surface area contributed by atoms with Crippen LogP contribution in [-0.2, 0) is 0 Å². The lowest BCUT2D eigenvalue weighted by Gasteiger charge is -2.35. The zero-order valence-corrected chi connectivity index (χ0v) is 10.4. The van der Waals surface area contributed by atoms with Gasteiger partial charge in [0.15, 0.2) is 5.78 Å². The zero-order chi connectivity index (χ0) is 13.3. The van der Waals surface area contributed by atoms with Gasteiger partial charge in [-0.3, -0.25) is 4.79 Å². The monoisotopic (exact) mass is 253 g/mol. The smallest absolute Gasteiger partial charge is 0.188 e. The number of ketones is 1. The molecule has 0 radical (unpaired) electrons. The van der Waals surface area contributed by atoms with Crippen molar-refractivity contribution in [2.75, 3.05) is 0 Å². The molecule has 2 N–H and O–H groups in total. The maximum Gasteiger partial charge on any atom is 0.188 e. The van der Waals surface area contributed by atoms with Crippen molar-refractivity contribution in [1.82, 2.24) is 0 Å². The molecule has 0 spiro atoms. The topological polar surface area (TPSA) is 43.1 Å². The van der Waals surface area contributed by atoms with Crippen molar-refractivity contribution in [1.29, 1.82) is 0 Å². The van der Waals surface area contributed by atoms with Crippen LogP contribution in [0.15, 0.2) is 18.2 Å². The molecule has 2 atom stereocenters. The molecule has 0 aliphatic heterocycles. The maximum absolute atomic E-state index is 13.6. The van der Waals surface area contributed by atoms with Crippen molar-refractivity contribution < 1.29 is 13.6 Å². The normalized spacial score (nSPS) is 28.1.